The van der Waals surface area contributed by atoms with Crippen LogP contribution in [0.1, 0.15) is 13.3 Å². The Hall–Kier alpha value is -0.630. The van der Waals surface area contributed by atoms with Gasteiger partial charge in [0.25, 0.3) is 0 Å². The minimum absolute atomic E-state index is 0.000649. The van der Waals surface area contributed by atoms with Gasteiger partial charge in [-0.1, -0.05) is 18.5 Å². The standard InChI is InChI=1S/C13H15BrClNO4S/c1-8-4-9(13(17)18)7-16(6-8)21(19,20)12-3-2-10(15)5-11(12)14/h2-3,5,8-9H,4,6-7H2,1H3,(H,17,18). The van der Waals surface area contributed by atoms with E-state index in [9.17, 15) is 13.2 Å². The average Bonchev–Trinajstić information content (AvgIpc) is 2.37. The largest absolute Gasteiger partial charge is 0.481 e. The number of sulfonamides is 1. The van der Waals surface area contributed by atoms with Crippen molar-refractivity contribution in [3.8, 4) is 0 Å². The molecule has 2 rings (SSSR count). The van der Waals surface area contributed by atoms with Crippen LogP contribution < -0.4 is 0 Å². The Bertz CT molecular complexity index is 664. The lowest BCUT2D eigenvalue weighted by atomic mass is 9.92. The molecule has 8 heteroatoms. The van der Waals surface area contributed by atoms with Crippen molar-refractivity contribution in [3.63, 3.8) is 0 Å². The second-order valence-electron chi connectivity index (χ2n) is 5.27. The Morgan fingerprint density at radius 3 is 2.67 bits per heavy atom. The van der Waals surface area contributed by atoms with E-state index >= 15 is 0 Å². The second kappa shape index (κ2) is 6.24. The maximum absolute atomic E-state index is 12.7. The minimum Gasteiger partial charge on any atom is -0.481 e. The number of nitrogens with zero attached hydrogens (tertiary/aromatic N) is 1. The first-order chi connectivity index (χ1) is 9.71. The third-order valence-corrected chi connectivity index (χ3v) is 6.53. The summed E-state index contributed by atoms with van der Waals surface area (Å²) >= 11 is 9.03. The number of hydrogen-bond acceptors (Lipinski definition) is 3. The molecule has 1 fully saturated rings. The third kappa shape index (κ3) is 3.59. The van der Waals surface area contributed by atoms with Crippen LogP contribution in [0.4, 0.5) is 0 Å². The van der Waals surface area contributed by atoms with Crippen LogP contribution >= 0.6 is 27.5 Å². The smallest absolute Gasteiger partial charge is 0.307 e. The number of rotatable bonds is 3. The molecule has 1 aliphatic heterocycles. The van der Waals surface area contributed by atoms with Gasteiger partial charge in [-0.05, 0) is 46.5 Å². The van der Waals surface area contributed by atoms with Crippen LogP contribution in [0.3, 0.4) is 0 Å². The lowest BCUT2D eigenvalue weighted by Gasteiger charge is -2.33. The summed E-state index contributed by atoms with van der Waals surface area (Å²) in [5.41, 5.74) is 0. The van der Waals surface area contributed by atoms with E-state index in [1.807, 2.05) is 6.92 Å². The molecule has 0 amide bonds. The molecule has 0 bridgehead atoms. The SMILES string of the molecule is CC1CC(C(=O)O)CN(S(=O)(=O)c2ccc(Cl)cc2Br)C1. The van der Waals surface area contributed by atoms with Crippen LogP contribution in [0.25, 0.3) is 0 Å². The zero-order valence-corrected chi connectivity index (χ0v) is 14.4. The first kappa shape index (κ1) is 16.7. The monoisotopic (exact) mass is 395 g/mol. The Morgan fingerprint density at radius 1 is 1.43 bits per heavy atom. The molecule has 1 aliphatic rings. The summed E-state index contributed by atoms with van der Waals surface area (Å²) in [4.78, 5) is 11.3. The van der Waals surface area contributed by atoms with Crippen molar-refractivity contribution in [2.24, 2.45) is 11.8 Å². The Morgan fingerprint density at radius 2 is 2.10 bits per heavy atom. The highest BCUT2D eigenvalue weighted by atomic mass is 79.9. The lowest BCUT2D eigenvalue weighted by molar-refractivity contribution is -0.143. The molecule has 2 atom stereocenters. The summed E-state index contributed by atoms with van der Waals surface area (Å²) in [5, 5.41) is 9.58. The minimum atomic E-state index is -3.74. The topological polar surface area (TPSA) is 74.7 Å². The molecule has 0 aliphatic carbocycles. The van der Waals surface area contributed by atoms with Gasteiger partial charge < -0.3 is 5.11 Å². The second-order valence-corrected chi connectivity index (χ2v) is 8.47. The van der Waals surface area contributed by atoms with Crippen molar-refractivity contribution in [2.45, 2.75) is 18.2 Å². The molecule has 1 heterocycles. The molecule has 0 saturated carbocycles. The molecular formula is C13H15BrClNO4S. The van der Waals surface area contributed by atoms with Crippen LogP contribution in [0.5, 0.6) is 0 Å². The Kier molecular flexibility index (Phi) is 4.97. The van der Waals surface area contributed by atoms with Gasteiger partial charge in [0.15, 0.2) is 0 Å². The van der Waals surface area contributed by atoms with Gasteiger partial charge in [-0.25, -0.2) is 8.42 Å². The van der Waals surface area contributed by atoms with E-state index in [1.54, 1.807) is 0 Å². The number of hydrogen-bond donors (Lipinski definition) is 1. The molecule has 1 aromatic rings. The molecule has 0 aromatic heterocycles. The highest BCUT2D eigenvalue weighted by Gasteiger charge is 2.36. The van der Waals surface area contributed by atoms with Gasteiger partial charge in [-0.2, -0.15) is 4.31 Å². The first-order valence-electron chi connectivity index (χ1n) is 6.40. The number of carboxylic acid groups (broad SMARTS) is 1. The molecule has 0 radical (unpaired) electrons. The van der Waals surface area contributed by atoms with Crippen molar-refractivity contribution in [1.82, 2.24) is 4.31 Å². The number of aliphatic carboxylic acids is 1. The van der Waals surface area contributed by atoms with Crippen molar-refractivity contribution in [3.05, 3.63) is 27.7 Å². The van der Waals surface area contributed by atoms with Crippen LogP contribution in [-0.4, -0.2) is 36.9 Å². The molecule has 1 N–H and O–H groups in total. The molecular weight excluding hydrogens is 382 g/mol. The highest BCUT2D eigenvalue weighted by Crippen LogP contribution is 2.31. The van der Waals surface area contributed by atoms with E-state index < -0.39 is 21.9 Å². The predicted molar refractivity (Wildman–Crippen MR) is 82.8 cm³/mol. The van der Waals surface area contributed by atoms with Gasteiger partial charge in [0.1, 0.15) is 0 Å². The van der Waals surface area contributed by atoms with Crippen LogP contribution in [0, 0.1) is 11.8 Å². The van der Waals surface area contributed by atoms with E-state index in [0.29, 0.717) is 22.5 Å². The summed E-state index contributed by atoms with van der Waals surface area (Å²) in [7, 11) is -3.74. The number of carbonyl (C=O) groups is 1. The summed E-state index contributed by atoms with van der Waals surface area (Å²) in [5.74, 6) is -1.63. The summed E-state index contributed by atoms with van der Waals surface area (Å²) in [6, 6.07) is 4.44. The van der Waals surface area contributed by atoms with Crippen LogP contribution in [0.15, 0.2) is 27.6 Å². The van der Waals surface area contributed by atoms with Crippen molar-refractivity contribution in [1.29, 1.82) is 0 Å². The van der Waals surface area contributed by atoms with Crippen molar-refractivity contribution in [2.75, 3.05) is 13.1 Å². The third-order valence-electron chi connectivity index (χ3n) is 3.49. The van der Waals surface area contributed by atoms with Crippen LogP contribution in [0.2, 0.25) is 5.02 Å². The zero-order valence-electron chi connectivity index (χ0n) is 11.3. The number of piperidine rings is 1. The summed E-state index contributed by atoms with van der Waals surface area (Å²) < 4.78 is 27.0. The van der Waals surface area contributed by atoms with Crippen molar-refractivity contribution >= 4 is 43.5 Å². The highest BCUT2D eigenvalue weighted by molar-refractivity contribution is 9.10. The van der Waals surface area contributed by atoms with E-state index in [-0.39, 0.29) is 17.4 Å². The molecule has 116 valence electrons. The molecule has 21 heavy (non-hydrogen) atoms. The summed E-state index contributed by atoms with van der Waals surface area (Å²) in [6.45, 7) is 2.17. The van der Waals surface area contributed by atoms with Gasteiger partial charge >= 0.3 is 5.97 Å². The Balaban J connectivity index is 2.36. The maximum Gasteiger partial charge on any atom is 0.307 e. The fraction of sp³-hybridized carbons (Fsp3) is 0.462. The number of carboxylic acids is 1. The molecule has 1 saturated heterocycles. The van der Waals surface area contributed by atoms with Gasteiger partial charge in [0.05, 0.1) is 10.8 Å². The molecule has 5 nitrogen and oxygen atoms in total. The van der Waals surface area contributed by atoms with E-state index in [1.165, 1.54) is 22.5 Å². The van der Waals surface area contributed by atoms with Gasteiger partial charge in [0, 0.05) is 22.6 Å². The molecule has 2 unspecified atom stereocenters. The fourth-order valence-corrected chi connectivity index (χ4v) is 5.45. The van der Waals surface area contributed by atoms with Gasteiger partial charge in [0.2, 0.25) is 10.0 Å². The van der Waals surface area contributed by atoms with Gasteiger partial charge in [-0.15, -0.1) is 0 Å². The number of benzene rings is 1. The summed E-state index contributed by atoms with van der Waals surface area (Å²) in [6.07, 6.45) is 0.489. The van der Waals surface area contributed by atoms with Gasteiger partial charge in [-0.3, -0.25) is 4.79 Å². The van der Waals surface area contributed by atoms with E-state index in [2.05, 4.69) is 15.9 Å². The van der Waals surface area contributed by atoms with E-state index in [0.717, 1.165) is 0 Å². The first-order valence-corrected chi connectivity index (χ1v) is 9.01. The zero-order chi connectivity index (χ0) is 15.8. The lowest BCUT2D eigenvalue weighted by Crippen LogP contribution is -2.45. The predicted octanol–water partition coefficient (Wildman–Crippen LogP) is 2.83. The maximum atomic E-state index is 12.7. The Labute approximate surface area is 137 Å². The quantitative estimate of drug-likeness (QED) is 0.852. The van der Waals surface area contributed by atoms with Crippen molar-refractivity contribution < 1.29 is 18.3 Å². The van der Waals surface area contributed by atoms with Crippen LogP contribution in [-0.2, 0) is 14.8 Å². The normalized spacial score (nSPS) is 24.0. The molecule has 1 aromatic carbocycles. The molecule has 0 spiro atoms. The number of halogens is 2. The fourth-order valence-electron chi connectivity index (χ4n) is 2.50. The van der Waals surface area contributed by atoms with E-state index in [4.69, 9.17) is 16.7 Å². The average molecular weight is 397 g/mol.